The molecule has 2 heterocycles. The molecule has 5 heteroatoms. The number of aromatic nitrogens is 1. The molecule has 0 radical (unpaired) electrons. The van der Waals surface area contributed by atoms with E-state index in [1.165, 1.54) is 12.8 Å². The van der Waals surface area contributed by atoms with E-state index in [0.717, 1.165) is 18.5 Å². The van der Waals surface area contributed by atoms with Crippen LogP contribution in [0.4, 0.5) is 5.69 Å². The molecule has 2 aliphatic rings. The largest absolute Gasteiger partial charge is 0.353 e. The second-order valence-electron chi connectivity index (χ2n) is 5.61. The highest BCUT2D eigenvalue weighted by Gasteiger charge is 2.36. The number of rotatable bonds is 3. The van der Waals surface area contributed by atoms with Crippen molar-refractivity contribution in [3.63, 3.8) is 0 Å². The minimum atomic E-state index is -0.233. The van der Waals surface area contributed by atoms with Crippen molar-refractivity contribution in [2.75, 3.05) is 11.4 Å². The number of amides is 2. The average Bonchev–Trinajstić information content (AvgIpc) is 3.09. The highest BCUT2D eigenvalue weighted by Crippen LogP contribution is 2.25. The molecule has 2 amide bonds. The SMILES string of the molecule is O=C(NC1CCCC1)C1CC(=O)N(c2cccnc2)C1. The van der Waals surface area contributed by atoms with Crippen molar-refractivity contribution in [1.82, 2.24) is 10.3 Å². The molecule has 1 unspecified atom stereocenters. The molecule has 20 heavy (non-hydrogen) atoms. The highest BCUT2D eigenvalue weighted by atomic mass is 16.2. The van der Waals surface area contributed by atoms with Crippen LogP contribution < -0.4 is 10.2 Å². The zero-order valence-corrected chi connectivity index (χ0v) is 11.4. The minimum absolute atomic E-state index is 0.00423. The number of hydrogen-bond donors (Lipinski definition) is 1. The number of anilines is 1. The monoisotopic (exact) mass is 273 g/mol. The number of nitrogens with one attached hydrogen (secondary N) is 1. The van der Waals surface area contributed by atoms with Crippen LogP contribution in [-0.2, 0) is 9.59 Å². The fraction of sp³-hybridized carbons (Fsp3) is 0.533. The molecule has 0 aromatic carbocycles. The summed E-state index contributed by atoms with van der Waals surface area (Å²) in [5.41, 5.74) is 0.772. The van der Waals surface area contributed by atoms with Crippen LogP contribution in [0.2, 0.25) is 0 Å². The van der Waals surface area contributed by atoms with E-state index in [9.17, 15) is 9.59 Å². The molecule has 1 saturated carbocycles. The lowest BCUT2D eigenvalue weighted by molar-refractivity contribution is -0.126. The smallest absolute Gasteiger partial charge is 0.227 e. The average molecular weight is 273 g/mol. The van der Waals surface area contributed by atoms with Crippen molar-refractivity contribution < 1.29 is 9.59 Å². The van der Waals surface area contributed by atoms with E-state index in [-0.39, 0.29) is 17.7 Å². The standard InChI is InChI=1S/C15H19N3O2/c19-14-8-11(15(20)17-12-4-1-2-5-12)10-18(14)13-6-3-7-16-9-13/h3,6-7,9,11-12H,1-2,4-5,8,10H2,(H,17,20). The quantitative estimate of drug-likeness (QED) is 0.907. The summed E-state index contributed by atoms with van der Waals surface area (Å²) in [5, 5.41) is 3.08. The van der Waals surface area contributed by atoms with Gasteiger partial charge in [0.05, 0.1) is 17.8 Å². The molecule has 1 atom stereocenters. The lowest BCUT2D eigenvalue weighted by atomic mass is 10.1. The number of carbonyl (C=O) groups excluding carboxylic acids is 2. The van der Waals surface area contributed by atoms with E-state index in [0.29, 0.717) is 19.0 Å². The summed E-state index contributed by atoms with van der Waals surface area (Å²) in [4.78, 5) is 29.9. The Hall–Kier alpha value is -1.91. The third-order valence-electron chi connectivity index (χ3n) is 4.15. The van der Waals surface area contributed by atoms with Crippen molar-refractivity contribution in [3.8, 4) is 0 Å². The van der Waals surface area contributed by atoms with Gasteiger partial charge in [0.2, 0.25) is 11.8 Å². The molecule has 1 aliphatic heterocycles. The van der Waals surface area contributed by atoms with Gasteiger partial charge in [-0.3, -0.25) is 14.6 Å². The molecule has 1 aromatic heterocycles. The minimum Gasteiger partial charge on any atom is -0.353 e. The zero-order valence-electron chi connectivity index (χ0n) is 11.4. The van der Waals surface area contributed by atoms with Gasteiger partial charge in [-0.2, -0.15) is 0 Å². The van der Waals surface area contributed by atoms with E-state index in [4.69, 9.17) is 0 Å². The van der Waals surface area contributed by atoms with Crippen LogP contribution in [0.25, 0.3) is 0 Å². The summed E-state index contributed by atoms with van der Waals surface area (Å²) < 4.78 is 0. The lowest BCUT2D eigenvalue weighted by Gasteiger charge is -2.17. The van der Waals surface area contributed by atoms with Gasteiger partial charge in [0.1, 0.15) is 0 Å². The Labute approximate surface area is 118 Å². The van der Waals surface area contributed by atoms with Gasteiger partial charge in [-0.25, -0.2) is 0 Å². The maximum absolute atomic E-state index is 12.2. The van der Waals surface area contributed by atoms with Crippen LogP contribution in [0.1, 0.15) is 32.1 Å². The van der Waals surface area contributed by atoms with Gasteiger partial charge < -0.3 is 10.2 Å². The highest BCUT2D eigenvalue weighted by molar-refractivity contribution is 6.00. The molecular formula is C15H19N3O2. The van der Waals surface area contributed by atoms with Gasteiger partial charge in [0, 0.05) is 25.2 Å². The Morgan fingerprint density at radius 2 is 2.15 bits per heavy atom. The van der Waals surface area contributed by atoms with Gasteiger partial charge >= 0.3 is 0 Å². The summed E-state index contributed by atoms with van der Waals surface area (Å²) in [6.07, 6.45) is 8.15. The van der Waals surface area contributed by atoms with Crippen molar-refractivity contribution in [2.45, 2.75) is 38.1 Å². The van der Waals surface area contributed by atoms with Crippen molar-refractivity contribution in [1.29, 1.82) is 0 Å². The first-order chi connectivity index (χ1) is 9.74. The molecule has 1 N–H and O–H groups in total. The van der Waals surface area contributed by atoms with E-state index in [1.54, 1.807) is 23.4 Å². The Balaban J connectivity index is 1.62. The second kappa shape index (κ2) is 5.61. The predicted octanol–water partition coefficient (Wildman–Crippen LogP) is 1.49. The molecule has 0 spiro atoms. The van der Waals surface area contributed by atoms with E-state index in [2.05, 4.69) is 10.3 Å². The van der Waals surface area contributed by atoms with Crippen LogP contribution in [0.3, 0.4) is 0 Å². The number of pyridine rings is 1. The van der Waals surface area contributed by atoms with Gasteiger partial charge in [-0.15, -0.1) is 0 Å². The predicted molar refractivity (Wildman–Crippen MR) is 75.1 cm³/mol. The van der Waals surface area contributed by atoms with Crippen LogP contribution in [0, 0.1) is 5.92 Å². The molecule has 3 rings (SSSR count). The summed E-state index contributed by atoms with van der Waals surface area (Å²) in [7, 11) is 0. The third-order valence-corrected chi connectivity index (χ3v) is 4.15. The summed E-state index contributed by atoms with van der Waals surface area (Å²) in [6, 6.07) is 3.96. The fourth-order valence-corrected chi connectivity index (χ4v) is 3.04. The van der Waals surface area contributed by atoms with Crippen LogP contribution in [0.15, 0.2) is 24.5 Å². The van der Waals surface area contributed by atoms with Gasteiger partial charge in [0.15, 0.2) is 0 Å². The third kappa shape index (κ3) is 2.66. The summed E-state index contributed by atoms with van der Waals surface area (Å²) in [5.74, 6) is -0.204. The molecule has 2 fully saturated rings. The Bertz CT molecular complexity index is 497. The first kappa shape index (κ1) is 13.1. The first-order valence-corrected chi connectivity index (χ1v) is 7.25. The van der Waals surface area contributed by atoms with E-state index < -0.39 is 0 Å². The van der Waals surface area contributed by atoms with Gasteiger partial charge in [-0.1, -0.05) is 12.8 Å². The Morgan fingerprint density at radius 1 is 1.35 bits per heavy atom. The molecule has 5 nitrogen and oxygen atoms in total. The Morgan fingerprint density at radius 3 is 2.85 bits per heavy atom. The summed E-state index contributed by atoms with van der Waals surface area (Å²) >= 11 is 0. The molecule has 1 aliphatic carbocycles. The molecule has 1 saturated heterocycles. The van der Waals surface area contributed by atoms with Crippen molar-refractivity contribution in [2.24, 2.45) is 5.92 Å². The van der Waals surface area contributed by atoms with Crippen molar-refractivity contribution >= 4 is 17.5 Å². The van der Waals surface area contributed by atoms with Crippen LogP contribution in [0.5, 0.6) is 0 Å². The number of carbonyl (C=O) groups is 2. The van der Waals surface area contributed by atoms with E-state index in [1.807, 2.05) is 6.07 Å². The summed E-state index contributed by atoms with van der Waals surface area (Å²) in [6.45, 7) is 0.461. The second-order valence-corrected chi connectivity index (χ2v) is 5.61. The zero-order chi connectivity index (χ0) is 13.9. The normalized spacial score (nSPS) is 23.3. The first-order valence-electron chi connectivity index (χ1n) is 7.25. The van der Waals surface area contributed by atoms with Gasteiger partial charge in [0.25, 0.3) is 0 Å². The Kier molecular flexibility index (Phi) is 3.67. The van der Waals surface area contributed by atoms with Crippen LogP contribution in [-0.4, -0.2) is 29.4 Å². The number of hydrogen-bond acceptors (Lipinski definition) is 3. The van der Waals surface area contributed by atoms with E-state index >= 15 is 0 Å². The van der Waals surface area contributed by atoms with Gasteiger partial charge in [-0.05, 0) is 25.0 Å². The van der Waals surface area contributed by atoms with Crippen molar-refractivity contribution in [3.05, 3.63) is 24.5 Å². The molecule has 0 bridgehead atoms. The lowest BCUT2D eigenvalue weighted by Crippen LogP contribution is -2.38. The molecule has 1 aromatic rings. The maximum atomic E-state index is 12.2. The molecule has 106 valence electrons. The fourth-order valence-electron chi connectivity index (χ4n) is 3.04. The van der Waals surface area contributed by atoms with Crippen LogP contribution >= 0.6 is 0 Å². The number of nitrogens with zero attached hydrogens (tertiary/aromatic N) is 2. The topological polar surface area (TPSA) is 62.3 Å². The molecular weight excluding hydrogens is 254 g/mol. The maximum Gasteiger partial charge on any atom is 0.227 e.